The molecule has 0 amide bonds. The molecule has 0 aliphatic heterocycles. The predicted octanol–water partition coefficient (Wildman–Crippen LogP) is 1.02. The van der Waals surface area contributed by atoms with E-state index in [1.165, 1.54) is 5.56 Å². The van der Waals surface area contributed by atoms with Gasteiger partial charge in [0, 0.05) is 22.0 Å². The molecule has 0 spiro atoms. The van der Waals surface area contributed by atoms with Crippen LogP contribution in [0.15, 0.2) is 53.4 Å². The van der Waals surface area contributed by atoms with Crippen LogP contribution in [0.5, 0.6) is 5.75 Å². The third-order valence-corrected chi connectivity index (χ3v) is 5.46. The quantitative estimate of drug-likeness (QED) is 0.468. The van der Waals surface area contributed by atoms with Gasteiger partial charge in [-0.2, -0.15) is 17.7 Å². The van der Waals surface area contributed by atoms with Crippen molar-refractivity contribution in [1.82, 2.24) is 0 Å². The Balaban J connectivity index is 0.00000220. The van der Waals surface area contributed by atoms with Crippen molar-refractivity contribution >= 4 is 22.6 Å². The molecule has 2 aromatic carbocycles. The molecule has 21 heavy (non-hydrogen) atoms. The summed E-state index contributed by atoms with van der Waals surface area (Å²) < 4.78 is 18.0. The Morgan fingerprint density at radius 1 is 1.05 bits per heavy atom. The first-order chi connectivity index (χ1) is 9.60. The van der Waals surface area contributed by atoms with Gasteiger partial charge in [-0.1, -0.05) is 29.8 Å². The van der Waals surface area contributed by atoms with Crippen molar-refractivity contribution in [3.63, 3.8) is 0 Å². The number of methoxy groups -OCH3 is 1. The van der Waals surface area contributed by atoms with Gasteiger partial charge >= 0.3 is 18.9 Å². The fraction of sp³-hybridized carbons (Fsp3) is 0.188. The molecule has 0 aliphatic carbocycles. The molecular formula is C16H17LiO2S2. The van der Waals surface area contributed by atoms with Crippen LogP contribution in [0.25, 0.3) is 0 Å². The monoisotopic (exact) mass is 312 g/mol. The van der Waals surface area contributed by atoms with Crippen LogP contribution < -0.4 is 23.6 Å². The normalized spacial score (nSPS) is 11.4. The number of thioether (sulfide) groups is 1. The number of rotatable bonds is 5. The summed E-state index contributed by atoms with van der Waals surface area (Å²) in [6, 6.07) is 15.9. The van der Waals surface area contributed by atoms with Gasteiger partial charge in [-0.15, -0.1) is 11.8 Å². The number of ether oxygens (including phenoxy) is 1. The van der Waals surface area contributed by atoms with Crippen molar-refractivity contribution in [2.45, 2.75) is 11.8 Å². The van der Waals surface area contributed by atoms with Crippen molar-refractivity contribution in [3.05, 3.63) is 64.2 Å². The summed E-state index contributed by atoms with van der Waals surface area (Å²) in [6.45, 7) is 2.06. The van der Waals surface area contributed by atoms with Crippen LogP contribution in [-0.4, -0.2) is 17.6 Å². The average Bonchev–Trinajstić information content (AvgIpc) is 2.46. The molecule has 0 radical (unpaired) electrons. The van der Waals surface area contributed by atoms with Gasteiger partial charge in [-0.25, -0.2) is 0 Å². The van der Waals surface area contributed by atoms with Crippen molar-refractivity contribution in [3.8, 4) is 5.75 Å². The van der Waals surface area contributed by atoms with Gasteiger partial charge in [0.15, 0.2) is 0 Å². The van der Waals surface area contributed by atoms with E-state index in [2.05, 4.69) is 31.2 Å². The summed E-state index contributed by atoms with van der Waals surface area (Å²) in [5.41, 5.74) is 2.19. The third kappa shape index (κ3) is 5.16. The first-order valence-corrected chi connectivity index (χ1v) is 8.57. The molecule has 0 bridgehead atoms. The molecule has 106 valence electrons. The number of hydrogen-bond donors (Lipinski definition) is 0. The molecule has 1 unspecified atom stereocenters. The molecule has 0 N–H and O–H groups in total. The van der Waals surface area contributed by atoms with Crippen LogP contribution >= 0.6 is 11.8 Å². The van der Waals surface area contributed by atoms with Crippen LogP contribution in [-0.2, 0) is 10.8 Å². The zero-order valence-corrected chi connectivity index (χ0v) is 14.4. The van der Waals surface area contributed by atoms with Gasteiger partial charge in [-0.05, 0) is 23.6 Å². The van der Waals surface area contributed by atoms with E-state index in [0.29, 0.717) is 0 Å². The third-order valence-electron chi connectivity index (χ3n) is 2.82. The minimum Gasteiger partial charge on any atom is -0.499 e. The Bertz CT molecular complexity index is 582. The minimum atomic E-state index is -1.03. The van der Waals surface area contributed by atoms with Gasteiger partial charge in [0.05, 0.1) is 12.9 Å². The molecular weight excluding hydrogens is 295 g/mol. The number of hydrogen-bond acceptors (Lipinski definition) is 3. The number of benzene rings is 2. The van der Waals surface area contributed by atoms with E-state index in [4.69, 9.17) is 4.74 Å². The van der Waals surface area contributed by atoms with E-state index in [1.807, 2.05) is 24.3 Å². The predicted molar refractivity (Wildman–Crippen MR) is 86.4 cm³/mol. The Hall–Kier alpha value is -0.793. The van der Waals surface area contributed by atoms with Gasteiger partial charge in [0.25, 0.3) is 0 Å². The van der Waals surface area contributed by atoms with E-state index < -0.39 is 10.8 Å². The molecule has 5 heteroatoms. The average molecular weight is 312 g/mol. The smallest absolute Gasteiger partial charge is 0.499 e. The maximum Gasteiger partial charge on any atom is 1.00 e. The van der Waals surface area contributed by atoms with Crippen molar-refractivity contribution in [2.75, 3.05) is 13.4 Å². The molecule has 0 saturated carbocycles. The molecule has 0 heterocycles. The molecule has 2 nitrogen and oxygen atoms in total. The maximum atomic E-state index is 12.0. The molecule has 0 fully saturated rings. The van der Waals surface area contributed by atoms with Gasteiger partial charge < -0.3 is 4.74 Å². The minimum absolute atomic E-state index is 0. The molecule has 0 saturated heterocycles. The van der Waals surface area contributed by atoms with Gasteiger partial charge in [0.2, 0.25) is 0 Å². The van der Waals surface area contributed by atoms with Crippen LogP contribution in [0.4, 0.5) is 0 Å². The molecule has 2 aromatic rings. The summed E-state index contributed by atoms with van der Waals surface area (Å²) in [7, 11) is 0.608. The zero-order chi connectivity index (χ0) is 14.5. The van der Waals surface area contributed by atoms with Crippen LogP contribution in [0.1, 0.15) is 11.1 Å². The SMILES string of the molecule is COc1ccc([C-](Sc2ccc(C)cc2)S(C)=O)cc1.[Li+]. The van der Waals surface area contributed by atoms with Gasteiger partial charge in [0.1, 0.15) is 0 Å². The van der Waals surface area contributed by atoms with Crippen molar-refractivity contribution < 1.29 is 27.8 Å². The second kappa shape index (κ2) is 8.60. The van der Waals surface area contributed by atoms with E-state index in [0.717, 1.165) is 20.8 Å². The van der Waals surface area contributed by atoms with Crippen molar-refractivity contribution in [1.29, 1.82) is 0 Å². The van der Waals surface area contributed by atoms with Crippen LogP contribution in [0.2, 0.25) is 0 Å². The molecule has 0 aliphatic rings. The zero-order valence-electron chi connectivity index (χ0n) is 12.8. The van der Waals surface area contributed by atoms with E-state index >= 15 is 0 Å². The van der Waals surface area contributed by atoms with Crippen LogP contribution in [0.3, 0.4) is 0 Å². The van der Waals surface area contributed by atoms with E-state index in [-0.39, 0.29) is 18.9 Å². The van der Waals surface area contributed by atoms with Crippen molar-refractivity contribution in [2.24, 2.45) is 0 Å². The van der Waals surface area contributed by atoms with Gasteiger partial charge in [-0.3, -0.25) is 4.21 Å². The Kier molecular flexibility index (Phi) is 7.48. The number of aryl methyl sites for hydroxylation is 1. The second-order valence-electron chi connectivity index (χ2n) is 4.39. The topological polar surface area (TPSA) is 26.3 Å². The van der Waals surface area contributed by atoms with Crippen LogP contribution in [0, 0.1) is 11.5 Å². The maximum absolute atomic E-state index is 12.0. The standard InChI is InChI=1S/C16H17O2S2.Li/c1-12-4-10-15(11-5-12)19-16(20(3)17)13-6-8-14(18-2)9-7-13;/h4-11H,1-3H3;/q-1;+1. The summed E-state index contributed by atoms with van der Waals surface area (Å²) in [6.07, 6.45) is 1.71. The summed E-state index contributed by atoms with van der Waals surface area (Å²) in [4.78, 5) is 1.09. The largest absolute Gasteiger partial charge is 1.00 e. The fourth-order valence-electron chi connectivity index (χ4n) is 1.72. The summed E-state index contributed by atoms with van der Waals surface area (Å²) in [5, 5.41) is 0. The molecule has 1 atom stereocenters. The first kappa shape index (κ1) is 18.3. The summed E-state index contributed by atoms with van der Waals surface area (Å²) >= 11 is 1.55. The molecule has 0 aromatic heterocycles. The fourth-order valence-corrected chi connectivity index (χ4v) is 3.69. The first-order valence-electron chi connectivity index (χ1n) is 6.19. The van der Waals surface area contributed by atoms with E-state index in [1.54, 1.807) is 25.1 Å². The summed E-state index contributed by atoms with van der Waals surface area (Å²) in [5.74, 6) is 0.801. The second-order valence-corrected chi connectivity index (χ2v) is 7.04. The van der Waals surface area contributed by atoms with E-state index in [9.17, 15) is 4.21 Å². The Morgan fingerprint density at radius 3 is 2.10 bits per heavy atom. The molecule has 2 rings (SSSR count). The Labute approximate surface area is 145 Å². The Morgan fingerprint density at radius 2 is 1.62 bits per heavy atom.